The van der Waals surface area contributed by atoms with Crippen LogP contribution in [0, 0.1) is 24.0 Å². The van der Waals surface area contributed by atoms with Crippen molar-refractivity contribution >= 4 is 23.0 Å². The minimum atomic E-state index is -0.434. The number of hydrogen-bond donors (Lipinski definition) is 1. The van der Waals surface area contributed by atoms with Gasteiger partial charge in [0.25, 0.3) is 5.69 Å². The molecule has 24 heavy (non-hydrogen) atoms. The van der Waals surface area contributed by atoms with Crippen molar-refractivity contribution in [2.24, 2.45) is 0 Å². The van der Waals surface area contributed by atoms with E-state index in [4.69, 9.17) is 4.74 Å². The molecule has 1 N–H and O–H groups in total. The number of nitro groups is 1. The van der Waals surface area contributed by atoms with Gasteiger partial charge < -0.3 is 15.0 Å². The summed E-state index contributed by atoms with van der Waals surface area (Å²) in [5, 5.41) is 14.0. The van der Waals surface area contributed by atoms with Crippen molar-refractivity contribution in [2.45, 2.75) is 13.8 Å². The third kappa shape index (κ3) is 3.43. The lowest BCUT2D eigenvalue weighted by molar-refractivity contribution is -0.385. The van der Waals surface area contributed by atoms with E-state index in [1.165, 1.54) is 6.20 Å². The second-order valence-corrected chi connectivity index (χ2v) is 5.64. The third-order valence-corrected chi connectivity index (χ3v) is 3.95. The zero-order valence-corrected chi connectivity index (χ0v) is 13.7. The Bertz CT molecular complexity index is 759. The van der Waals surface area contributed by atoms with Crippen LogP contribution in [-0.2, 0) is 4.74 Å². The fourth-order valence-electron chi connectivity index (χ4n) is 2.59. The Morgan fingerprint density at radius 1 is 1.29 bits per heavy atom. The quantitative estimate of drug-likeness (QED) is 0.680. The van der Waals surface area contributed by atoms with Gasteiger partial charge in [-0.05, 0) is 32.0 Å². The summed E-state index contributed by atoms with van der Waals surface area (Å²) in [5.74, 6) is 1.48. The van der Waals surface area contributed by atoms with Gasteiger partial charge in [0.15, 0.2) is 0 Å². The number of hydrogen-bond acceptors (Lipinski definition) is 7. The Labute approximate surface area is 139 Å². The summed E-state index contributed by atoms with van der Waals surface area (Å²) in [7, 11) is 0. The molecule has 1 aliphatic rings. The van der Waals surface area contributed by atoms with Gasteiger partial charge in [0.1, 0.15) is 17.8 Å². The predicted molar refractivity (Wildman–Crippen MR) is 90.9 cm³/mol. The molecule has 1 aliphatic heterocycles. The largest absolute Gasteiger partial charge is 0.378 e. The maximum Gasteiger partial charge on any atom is 0.290 e. The van der Waals surface area contributed by atoms with Gasteiger partial charge in [0.05, 0.1) is 29.5 Å². The van der Waals surface area contributed by atoms with E-state index in [0.29, 0.717) is 24.6 Å². The van der Waals surface area contributed by atoms with E-state index >= 15 is 0 Å². The first-order chi connectivity index (χ1) is 11.5. The molecule has 0 atom stereocenters. The first-order valence-electron chi connectivity index (χ1n) is 7.73. The molecule has 0 radical (unpaired) electrons. The van der Waals surface area contributed by atoms with Gasteiger partial charge in [-0.1, -0.05) is 0 Å². The van der Waals surface area contributed by atoms with Gasteiger partial charge in [0.2, 0.25) is 0 Å². The number of morpholine rings is 1. The van der Waals surface area contributed by atoms with Crippen LogP contribution in [0.4, 0.5) is 23.0 Å². The van der Waals surface area contributed by atoms with E-state index in [9.17, 15) is 10.1 Å². The van der Waals surface area contributed by atoms with Crippen LogP contribution in [0.15, 0.2) is 24.4 Å². The molecular weight excluding hydrogens is 310 g/mol. The van der Waals surface area contributed by atoms with Gasteiger partial charge in [-0.3, -0.25) is 10.1 Å². The molecule has 1 fully saturated rings. The van der Waals surface area contributed by atoms with Crippen LogP contribution in [0.5, 0.6) is 0 Å². The number of ether oxygens (including phenoxy) is 1. The van der Waals surface area contributed by atoms with Crippen molar-refractivity contribution in [3.8, 4) is 0 Å². The van der Waals surface area contributed by atoms with Crippen LogP contribution < -0.4 is 10.2 Å². The van der Waals surface area contributed by atoms with Crippen molar-refractivity contribution in [1.82, 2.24) is 9.97 Å². The van der Waals surface area contributed by atoms with Gasteiger partial charge in [-0.15, -0.1) is 0 Å². The fraction of sp³-hybridized carbons (Fsp3) is 0.375. The van der Waals surface area contributed by atoms with Crippen molar-refractivity contribution in [1.29, 1.82) is 0 Å². The van der Waals surface area contributed by atoms with Crippen LogP contribution in [0.25, 0.3) is 0 Å². The van der Waals surface area contributed by atoms with Gasteiger partial charge in [-0.2, -0.15) is 0 Å². The summed E-state index contributed by atoms with van der Waals surface area (Å²) < 4.78 is 5.35. The van der Waals surface area contributed by atoms with Crippen LogP contribution >= 0.6 is 0 Å². The average molecular weight is 329 g/mol. The molecule has 8 heteroatoms. The van der Waals surface area contributed by atoms with Crippen molar-refractivity contribution < 1.29 is 9.66 Å². The van der Waals surface area contributed by atoms with E-state index in [2.05, 4.69) is 20.2 Å². The van der Waals surface area contributed by atoms with Crippen molar-refractivity contribution in [3.05, 3.63) is 45.8 Å². The molecule has 8 nitrogen and oxygen atoms in total. The van der Waals surface area contributed by atoms with Crippen molar-refractivity contribution in [3.63, 3.8) is 0 Å². The molecule has 2 aromatic heterocycles. The Morgan fingerprint density at radius 3 is 2.67 bits per heavy atom. The van der Waals surface area contributed by atoms with Crippen LogP contribution in [0.2, 0.25) is 0 Å². The van der Waals surface area contributed by atoms with E-state index < -0.39 is 4.92 Å². The maximum atomic E-state index is 10.9. The smallest absolute Gasteiger partial charge is 0.290 e. The highest BCUT2D eigenvalue weighted by Gasteiger charge is 2.15. The summed E-state index contributed by atoms with van der Waals surface area (Å²) in [4.78, 5) is 21.3. The second kappa shape index (κ2) is 6.79. The van der Waals surface area contributed by atoms with Crippen LogP contribution in [0.3, 0.4) is 0 Å². The number of aryl methyl sites for hydroxylation is 2. The zero-order chi connectivity index (χ0) is 17.1. The monoisotopic (exact) mass is 329 g/mol. The number of nitrogens with one attached hydrogen (secondary N) is 1. The predicted octanol–water partition coefficient (Wildman–Crippen LogP) is 2.58. The lowest BCUT2D eigenvalue weighted by Gasteiger charge is -2.28. The summed E-state index contributed by atoms with van der Waals surface area (Å²) >= 11 is 0. The third-order valence-electron chi connectivity index (χ3n) is 3.95. The molecule has 0 unspecified atom stereocenters. The Morgan fingerprint density at radius 2 is 2.04 bits per heavy atom. The molecule has 0 saturated carbocycles. The van der Waals surface area contributed by atoms with Gasteiger partial charge >= 0.3 is 0 Å². The van der Waals surface area contributed by atoms with Gasteiger partial charge in [-0.25, -0.2) is 9.97 Å². The minimum absolute atomic E-state index is 0.0121. The molecule has 3 heterocycles. The molecule has 3 rings (SSSR count). The normalized spacial score (nSPS) is 14.5. The molecule has 2 aromatic rings. The first-order valence-corrected chi connectivity index (χ1v) is 7.73. The number of aromatic nitrogens is 2. The zero-order valence-electron chi connectivity index (χ0n) is 13.7. The molecule has 0 amide bonds. The first kappa shape index (κ1) is 16.1. The van der Waals surface area contributed by atoms with E-state index in [-0.39, 0.29) is 5.69 Å². The summed E-state index contributed by atoms with van der Waals surface area (Å²) in [6.07, 6.45) is 1.27. The molecule has 1 saturated heterocycles. The standard InChI is InChI=1S/C16H19N5O3/c1-11-9-15(17-10-14(11)21(22)23)19-13-3-4-16(18-12(13)2)20-5-7-24-8-6-20/h3-4,9-10H,5-8H2,1-2H3,(H,17,19). The number of pyridine rings is 2. The fourth-order valence-corrected chi connectivity index (χ4v) is 2.59. The van der Waals surface area contributed by atoms with E-state index in [0.717, 1.165) is 30.3 Å². The van der Waals surface area contributed by atoms with E-state index in [1.54, 1.807) is 13.0 Å². The highest BCUT2D eigenvalue weighted by Crippen LogP contribution is 2.24. The molecular formula is C16H19N5O3. The Kier molecular flexibility index (Phi) is 4.57. The Balaban J connectivity index is 1.78. The Hall–Kier alpha value is -2.74. The molecule has 126 valence electrons. The van der Waals surface area contributed by atoms with Crippen molar-refractivity contribution in [2.75, 3.05) is 36.5 Å². The summed E-state index contributed by atoms with van der Waals surface area (Å²) in [5.41, 5.74) is 2.25. The topological polar surface area (TPSA) is 93.4 Å². The minimum Gasteiger partial charge on any atom is -0.378 e. The van der Waals surface area contributed by atoms with Gasteiger partial charge in [0, 0.05) is 18.7 Å². The van der Waals surface area contributed by atoms with E-state index in [1.807, 2.05) is 19.1 Å². The molecule has 0 aromatic carbocycles. The second-order valence-electron chi connectivity index (χ2n) is 5.64. The van der Waals surface area contributed by atoms with Crippen LogP contribution in [-0.4, -0.2) is 41.2 Å². The highest BCUT2D eigenvalue weighted by molar-refractivity contribution is 5.62. The number of rotatable bonds is 4. The van der Waals surface area contributed by atoms with Crippen LogP contribution in [0.1, 0.15) is 11.3 Å². The number of nitrogens with zero attached hydrogens (tertiary/aromatic N) is 4. The lowest BCUT2D eigenvalue weighted by Crippen LogP contribution is -2.36. The summed E-state index contributed by atoms with van der Waals surface area (Å²) in [6, 6.07) is 5.57. The lowest BCUT2D eigenvalue weighted by atomic mass is 10.2. The molecule has 0 spiro atoms. The average Bonchev–Trinajstić information content (AvgIpc) is 2.57. The number of anilines is 3. The maximum absolute atomic E-state index is 10.9. The SMILES string of the molecule is Cc1cc(Nc2ccc(N3CCOCC3)nc2C)ncc1[N+](=O)[O-]. The highest BCUT2D eigenvalue weighted by atomic mass is 16.6. The summed E-state index contributed by atoms with van der Waals surface area (Å²) in [6.45, 7) is 6.71. The molecule has 0 bridgehead atoms. The molecule has 0 aliphatic carbocycles.